The molecule has 0 aromatic carbocycles. The van der Waals surface area contributed by atoms with Gasteiger partial charge in [0.2, 0.25) is 0 Å². The Balaban J connectivity index is 1.15. The largest absolute Gasteiger partial charge is 0.300 e. The number of piperidine rings is 3. The highest BCUT2D eigenvalue weighted by molar-refractivity contribution is 4.93. The van der Waals surface area contributed by atoms with E-state index < -0.39 is 0 Å². The van der Waals surface area contributed by atoms with E-state index >= 15 is 0 Å². The molecule has 0 saturated carbocycles. The molecule has 0 atom stereocenters. The molecule has 0 N–H and O–H groups in total. The minimum Gasteiger partial charge on any atom is -0.300 e. The monoisotopic (exact) mass is 404 g/mol. The molecule has 4 heterocycles. The highest BCUT2D eigenvalue weighted by atomic mass is 15.3. The SMILES string of the molecule is CC(C)C1CN(C2CCN(C3CCN(C4CCN(C(C)(C)C)CC4)CC3)CC2)C1. The molecule has 4 nitrogen and oxygen atoms in total. The van der Waals surface area contributed by atoms with Crippen LogP contribution in [-0.2, 0) is 0 Å². The van der Waals surface area contributed by atoms with E-state index in [1.165, 1.54) is 90.9 Å². The van der Waals surface area contributed by atoms with Crippen molar-refractivity contribution in [3.8, 4) is 0 Å². The van der Waals surface area contributed by atoms with Crippen molar-refractivity contribution in [3.05, 3.63) is 0 Å². The van der Waals surface area contributed by atoms with Gasteiger partial charge in [0.1, 0.15) is 0 Å². The zero-order chi connectivity index (χ0) is 20.6. The van der Waals surface area contributed by atoms with Crippen LogP contribution in [0.1, 0.15) is 73.1 Å². The molecule has 4 rings (SSSR count). The Morgan fingerprint density at radius 3 is 1.34 bits per heavy atom. The number of rotatable bonds is 4. The summed E-state index contributed by atoms with van der Waals surface area (Å²) in [7, 11) is 0. The Morgan fingerprint density at radius 2 is 0.966 bits per heavy atom. The van der Waals surface area contributed by atoms with Crippen LogP contribution in [0.15, 0.2) is 0 Å². The fourth-order valence-electron chi connectivity index (χ4n) is 6.40. The topological polar surface area (TPSA) is 13.0 Å². The van der Waals surface area contributed by atoms with E-state index in [4.69, 9.17) is 0 Å². The first-order valence-corrected chi connectivity index (χ1v) is 12.8. The zero-order valence-electron chi connectivity index (χ0n) is 20.1. The lowest BCUT2D eigenvalue weighted by Gasteiger charge is -2.50. The molecule has 29 heavy (non-hydrogen) atoms. The first-order valence-electron chi connectivity index (χ1n) is 12.8. The van der Waals surface area contributed by atoms with Crippen molar-refractivity contribution >= 4 is 0 Å². The second-order valence-electron chi connectivity index (χ2n) is 11.9. The molecule has 0 aromatic heterocycles. The van der Waals surface area contributed by atoms with E-state index in [1.54, 1.807) is 0 Å². The fraction of sp³-hybridized carbons (Fsp3) is 1.00. The zero-order valence-corrected chi connectivity index (χ0v) is 20.1. The van der Waals surface area contributed by atoms with Crippen molar-refractivity contribution in [2.45, 2.75) is 96.8 Å². The highest BCUT2D eigenvalue weighted by Crippen LogP contribution is 2.31. The predicted molar refractivity (Wildman–Crippen MR) is 123 cm³/mol. The van der Waals surface area contributed by atoms with Crippen LogP contribution in [0.2, 0.25) is 0 Å². The van der Waals surface area contributed by atoms with Gasteiger partial charge in [0.15, 0.2) is 0 Å². The lowest BCUT2D eigenvalue weighted by molar-refractivity contribution is -0.0146. The van der Waals surface area contributed by atoms with Gasteiger partial charge in [-0.15, -0.1) is 0 Å². The maximum Gasteiger partial charge on any atom is 0.0125 e. The first-order chi connectivity index (χ1) is 13.8. The van der Waals surface area contributed by atoms with Gasteiger partial charge in [-0.25, -0.2) is 0 Å². The Morgan fingerprint density at radius 1 is 0.586 bits per heavy atom. The Bertz CT molecular complexity index is 497. The molecular formula is C25H48N4. The molecule has 0 radical (unpaired) electrons. The number of likely N-dealkylation sites (tertiary alicyclic amines) is 4. The molecule has 0 aromatic rings. The second-order valence-corrected chi connectivity index (χ2v) is 11.9. The van der Waals surface area contributed by atoms with E-state index in [-0.39, 0.29) is 0 Å². The molecule has 0 amide bonds. The summed E-state index contributed by atoms with van der Waals surface area (Å²) in [5, 5.41) is 0. The predicted octanol–water partition coefficient (Wildman–Crippen LogP) is 3.77. The van der Waals surface area contributed by atoms with Gasteiger partial charge in [-0.1, -0.05) is 13.8 Å². The minimum atomic E-state index is 0.343. The Labute approximate surface area is 181 Å². The van der Waals surface area contributed by atoms with Gasteiger partial charge >= 0.3 is 0 Å². The van der Waals surface area contributed by atoms with Crippen molar-refractivity contribution in [3.63, 3.8) is 0 Å². The van der Waals surface area contributed by atoms with Crippen LogP contribution in [0.3, 0.4) is 0 Å². The van der Waals surface area contributed by atoms with Gasteiger partial charge < -0.3 is 9.80 Å². The maximum atomic E-state index is 2.86. The number of nitrogens with zero attached hydrogens (tertiary/aromatic N) is 4. The molecule has 0 aliphatic carbocycles. The molecule has 4 saturated heterocycles. The number of hydrogen-bond donors (Lipinski definition) is 0. The molecule has 4 heteroatoms. The molecular weight excluding hydrogens is 356 g/mol. The third-order valence-corrected chi connectivity index (χ3v) is 8.84. The summed E-state index contributed by atoms with van der Waals surface area (Å²) in [5.74, 6) is 1.84. The van der Waals surface area contributed by atoms with E-state index in [2.05, 4.69) is 54.2 Å². The Hall–Kier alpha value is -0.160. The summed E-state index contributed by atoms with van der Waals surface area (Å²) in [6.07, 6.45) is 8.39. The average molecular weight is 405 g/mol. The van der Waals surface area contributed by atoms with E-state index in [9.17, 15) is 0 Å². The summed E-state index contributed by atoms with van der Waals surface area (Å²) in [6.45, 7) is 22.6. The van der Waals surface area contributed by atoms with E-state index in [0.717, 1.165) is 30.0 Å². The fourth-order valence-corrected chi connectivity index (χ4v) is 6.40. The summed E-state index contributed by atoms with van der Waals surface area (Å²) in [4.78, 5) is 11.2. The van der Waals surface area contributed by atoms with Crippen LogP contribution in [0.4, 0.5) is 0 Å². The third-order valence-electron chi connectivity index (χ3n) is 8.84. The van der Waals surface area contributed by atoms with Crippen LogP contribution in [0, 0.1) is 11.8 Å². The lowest BCUT2D eigenvalue weighted by atomic mass is 9.85. The van der Waals surface area contributed by atoms with Crippen molar-refractivity contribution < 1.29 is 0 Å². The van der Waals surface area contributed by atoms with Crippen molar-refractivity contribution in [1.29, 1.82) is 0 Å². The van der Waals surface area contributed by atoms with E-state index in [0.29, 0.717) is 5.54 Å². The second kappa shape index (κ2) is 9.14. The normalized spacial score (nSPS) is 29.6. The first kappa shape index (κ1) is 22.0. The summed E-state index contributed by atoms with van der Waals surface area (Å²) >= 11 is 0. The molecule has 4 aliphatic heterocycles. The third kappa shape index (κ3) is 5.19. The van der Waals surface area contributed by atoms with Crippen LogP contribution >= 0.6 is 0 Å². The lowest BCUT2D eigenvalue weighted by Crippen LogP contribution is -2.58. The standard InChI is InChI=1S/C25H48N4/c1-20(2)21-18-28(19-21)24-8-14-26(15-9-24)22-6-12-27(13-7-22)23-10-16-29(17-11-23)25(3,4)5/h20-24H,6-19H2,1-5H3. The number of hydrogen-bond acceptors (Lipinski definition) is 4. The molecule has 0 bridgehead atoms. The summed E-state index contributed by atoms with van der Waals surface area (Å²) in [5.41, 5.74) is 0.343. The van der Waals surface area contributed by atoms with Gasteiger partial charge in [0.05, 0.1) is 0 Å². The van der Waals surface area contributed by atoms with Crippen LogP contribution in [-0.4, -0.2) is 95.6 Å². The van der Waals surface area contributed by atoms with Gasteiger partial charge in [0.25, 0.3) is 0 Å². The highest BCUT2D eigenvalue weighted by Gasteiger charge is 2.37. The molecule has 168 valence electrons. The van der Waals surface area contributed by atoms with Gasteiger partial charge in [-0.3, -0.25) is 9.80 Å². The Kier molecular flexibility index (Phi) is 6.95. The van der Waals surface area contributed by atoms with Crippen LogP contribution < -0.4 is 0 Å². The molecule has 4 fully saturated rings. The smallest absolute Gasteiger partial charge is 0.0125 e. The average Bonchev–Trinajstić information content (AvgIpc) is 2.67. The molecule has 0 unspecified atom stereocenters. The summed E-state index contributed by atoms with van der Waals surface area (Å²) in [6, 6.07) is 2.59. The van der Waals surface area contributed by atoms with Crippen molar-refractivity contribution in [2.75, 3.05) is 52.4 Å². The van der Waals surface area contributed by atoms with Gasteiger partial charge in [-0.05, 0) is 97.3 Å². The van der Waals surface area contributed by atoms with Crippen molar-refractivity contribution in [2.24, 2.45) is 11.8 Å². The maximum absolute atomic E-state index is 2.86. The van der Waals surface area contributed by atoms with Crippen molar-refractivity contribution in [1.82, 2.24) is 19.6 Å². The van der Waals surface area contributed by atoms with Gasteiger partial charge in [-0.2, -0.15) is 0 Å². The molecule has 4 aliphatic rings. The van der Waals surface area contributed by atoms with Crippen LogP contribution in [0.25, 0.3) is 0 Å². The summed E-state index contributed by atoms with van der Waals surface area (Å²) < 4.78 is 0. The van der Waals surface area contributed by atoms with E-state index in [1.807, 2.05) is 0 Å². The van der Waals surface area contributed by atoms with Crippen LogP contribution in [0.5, 0.6) is 0 Å². The quantitative estimate of drug-likeness (QED) is 0.707. The van der Waals surface area contributed by atoms with Gasteiger partial charge in [0, 0.05) is 49.8 Å². The minimum absolute atomic E-state index is 0.343. The molecule has 0 spiro atoms.